The number of hydrogen-bond acceptors (Lipinski definition) is 18. The van der Waals surface area contributed by atoms with Crippen LogP contribution in [0.2, 0.25) is 0 Å². The molecule has 0 saturated carbocycles. The van der Waals surface area contributed by atoms with Crippen LogP contribution in [0, 0.1) is 0 Å². The first-order chi connectivity index (χ1) is 21.3. The molecule has 15 unspecified atom stereocenters. The van der Waals surface area contributed by atoms with Crippen LogP contribution in [-0.4, -0.2) is 193 Å². The third-order valence-corrected chi connectivity index (χ3v) is 7.70. The van der Waals surface area contributed by atoms with Crippen molar-refractivity contribution in [1.29, 1.82) is 0 Å². The minimum absolute atomic E-state index is 0.381. The lowest BCUT2D eigenvalue weighted by Crippen LogP contribution is -2.66. The maximum Gasteiger partial charge on any atom is 0.217 e. The highest BCUT2D eigenvalue weighted by Crippen LogP contribution is 2.32. The summed E-state index contributed by atoms with van der Waals surface area (Å²) < 4.78 is 33.0. The second kappa shape index (κ2) is 17.1. The van der Waals surface area contributed by atoms with E-state index in [1.165, 1.54) is 13.0 Å². The Balaban J connectivity index is 1.68. The second-order valence-electron chi connectivity index (χ2n) is 11.0. The number of amides is 1. The number of allylic oxidation sites excluding steroid dienone is 1. The molecule has 0 spiro atoms. The predicted octanol–water partition coefficient (Wildman–Crippen LogP) is -7.11. The molecule has 3 aliphatic heterocycles. The highest BCUT2D eigenvalue weighted by molar-refractivity contribution is 5.73. The van der Waals surface area contributed by atoms with Crippen LogP contribution in [0.25, 0.3) is 0 Å². The van der Waals surface area contributed by atoms with Crippen molar-refractivity contribution in [2.24, 2.45) is 0 Å². The summed E-state index contributed by atoms with van der Waals surface area (Å²) in [5.41, 5.74) is 0. The molecule has 0 radical (unpaired) electrons. The molecule has 3 heterocycles. The monoisotopic (exact) mass is 659 g/mol. The molecule has 45 heavy (non-hydrogen) atoms. The summed E-state index contributed by atoms with van der Waals surface area (Å²) in [6.45, 7) is 0.0635. The van der Waals surface area contributed by atoms with Crippen molar-refractivity contribution in [1.82, 2.24) is 5.32 Å². The highest BCUT2D eigenvalue weighted by atomic mass is 16.8. The fraction of sp³-hybridized carbons (Fsp3) is 0.885. The Kier molecular flexibility index (Phi) is 14.4. The van der Waals surface area contributed by atoms with Gasteiger partial charge >= 0.3 is 0 Å². The summed E-state index contributed by atoms with van der Waals surface area (Å²) in [5, 5.41) is 115. The van der Waals surface area contributed by atoms with E-state index in [1.807, 2.05) is 0 Å². The van der Waals surface area contributed by atoms with Gasteiger partial charge in [0.2, 0.25) is 5.91 Å². The van der Waals surface area contributed by atoms with Gasteiger partial charge in [-0.1, -0.05) is 12.2 Å². The fourth-order valence-electron chi connectivity index (χ4n) is 5.20. The molecular weight excluding hydrogens is 614 g/mol. The molecule has 1 amide bonds. The molecule has 262 valence electrons. The van der Waals surface area contributed by atoms with Gasteiger partial charge in [-0.3, -0.25) is 4.79 Å². The van der Waals surface area contributed by atoms with Crippen LogP contribution < -0.4 is 5.32 Å². The molecule has 19 nitrogen and oxygen atoms in total. The Hall–Kier alpha value is -1.47. The average molecular weight is 660 g/mol. The van der Waals surface area contributed by atoms with Crippen molar-refractivity contribution < 1.29 is 89.4 Å². The topological polar surface area (TPSA) is 307 Å². The molecule has 0 aromatic carbocycles. The van der Waals surface area contributed by atoms with Gasteiger partial charge in [-0.25, -0.2) is 0 Å². The van der Waals surface area contributed by atoms with E-state index in [2.05, 4.69) is 5.32 Å². The van der Waals surface area contributed by atoms with Crippen molar-refractivity contribution in [3.8, 4) is 0 Å². The quantitative estimate of drug-likeness (QED) is 0.0817. The van der Waals surface area contributed by atoms with Crippen LogP contribution in [0.4, 0.5) is 0 Å². The van der Waals surface area contributed by atoms with Gasteiger partial charge < -0.3 is 89.9 Å². The Morgan fingerprint density at radius 1 is 0.711 bits per heavy atom. The molecule has 3 aliphatic rings. The Bertz CT molecular complexity index is 940. The summed E-state index contributed by atoms with van der Waals surface area (Å²) in [6, 6.07) is -0.964. The third kappa shape index (κ3) is 8.91. The molecule has 3 saturated heterocycles. The van der Waals surface area contributed by atoms with Crippen molar-refractivity contribution in [2.45, 2.75) is 118 Å². The lowest BCUT2D eigenvalue weighted by Gasteiger charge is -2.48. The average Bonchev–Trinajstić information content (AvgIpc) is 3.01. The van der Waals surface area contributed by atoms with Gasteiger partial charge in [0.05, 0.1) is 38.6 Å². The number of hydrogen-bond donors (Lipinski definition) is 12. The van der Waals surface area contributed by atoms with Crippen LogP contribution in [0.3, 0.4) is 0 Å². The molecule has 0 aromatic rings. The Morgan fingerprint density at radius 2 is 1.16 bits per heavy atom. The van der Waals surface area contributed by atoms with Crippen molar-refractivity contribution in [3.63, 3.8) is 0 Å². The number of rotatable bonds is 13. The molecule has 12 N–H and O–H groups in total. The maximum atomic E-state index is 11.5. The summed E-state index contributed by atoms with van der Waals surface area (Å²) in [4.78, 5) is 11.5. The van der Waals surface area contributed by atoms with Crippen LogP contribution >= 0.6 is 0 Å². The molecule has 0 aliphatic carbocycles. The number of ether oxygens (including phenoxy) is 6. The number of aliphatic hydroxyl groups is 11. The minimum Gasteiger partial charge on any atom is -0.394 e. The predicted molar refractivity (Wildman–Crippen MR) is 143 cm³/mol. The second-order valence-corrected chi connectivity index (χ2v) is 11.0. The van der Waals surface area contributed by atoms with E-state index in [0.717, 1.165) is 0 Å². The van der Waals surface area contributed by atoms with Crippen molar-refractivity contribution >= 4 is 5.91 Å². The zero-order valence-corrected chi connectivity index (χ0v) is 24.6. The summed E-state index contributed by atoms with van der Waals surface area (Å²) >= 11 is 0. The van der Waals surface area contributed by atoms with Crippen LogP contribution in [-0.2, 0) is 33.2 Å². The van der Waals surface area contributed by atoms with Gasteiger partial charge in [0, 0.05) is 6.92 Å². The molecular formula is C26H45NO18. The lowest BCUT2D eigenvalue weighted by atomic mass is 9.96. The van der Waals surface area contributed by atoms with E-state index in [0.29, 0.717) is 0 Å². The van der Waals surface area contributed by atoms with E-state index in [9.17, 15) is 61.0 Å². The Morgan fingerprint density at radius 3 is 1.62 bits per heavy atom. The zero-order chi connectivity index (χ0) is 33.6. The SMILES string of the molecule is C/C=C/[C@H](O)[C@H](COC1OC(CO)C(OC2OC(CO)C(OC3OC(CO)C(O)C(O)C3O)C(O)C2O)C(O)C1O)NC(C)=O. The Labute approximate surface area is 257 Å². The van der Waals surface area contributed by atoms with Gasteiger partial charge in [0.15, 0.2) is 18.9 Å². The summed E-state index contributed by atoms with van der Waals surface area (Å²) in [6.07, 6.45) is -23.7. The van der Waals surface area contributed by atoms with Gasteiger partial charge in [-0.2, -0.15) is 0 Å². The van der Waals surface area contributed by atoms with E-state index in [-0.39, 0.29) is 6.61 Å². The number of carbonyl (C=O) groups is 1. The van der Waals surface area contributed by atoms with Gasteiger partial charge in [0.25, 0.3) is 0 Å². The molecule has 3 rings (SSSR count). The molecule has 17 atom stereocenters. The summed E-state index contributed by atoms with van der Waals surface area (Å²) in [7, 11) is 0. The van der Waals surface area contributed by atoms with Gasteiger partial charge in [-0.15, -0.1) is 0 Å². The van der Waals surface area contributed by atoms with Crippen LogP contribution in [0.15, 0.2) is 12.2 Å². The number of nitrogens with one attached hydrogen (secondary N) is 1. The molecule has 0 aromatic heterocycles. The van der Waals surface area contributed by atoms with Gasteiger partial charge in [-0.05, 0) is 6.92 Å². The van der Waals surface area contributed by atoms with Crippen molar-refractivity contribution in [3.05, 3.63) is 12.2 Å². The number of carbonyl (C=O) groups excluding carboxylic acids is 1. The first-order valence-electron chi connectivity index (χ1n) is 14.3. The molecule has 0 bridgehead atoms. The first kappa shape index (κ1) is 38.0. The van der Waals surface area contributed by atoms with Crippen LogP contribution in [0.1, 0.15) is 13.8 Å². The van der Waals surface area contributed by atoms with Crippen LogP contribution in [0.5, 0.6) is 0 Å². The summed E-state index contributed by atoms with van der Waals surface area (Å²) in [5.74, 6) is -0.478. The van der Waals surface area contributed by atoms with Crippen molar-refractivity contribution in [2.75, 3.05) is 26.4 Å². The molecule has 19 heteroatoms. The number of aliphatic hydroxyl groups excluding tert-OH is 11. The lowest BCUT2D eigenvalue weighted by molar-refractivity contribution is -0.379. The molecule has 3 fully saturated rings. The fourth-order valence-corrected chi connectivity index (χ4v) is 5.20. The largest absolute Gasteiger partial charge is 0.394 e. The van der Waals surface area contributed by atoms with E-state index in [4.69, 9.17) is 28.4 Å². The normalized spacial score (nSPS) is 44.1. The smallest absolute Gasteiger partial charge is 0.217 e. The highest BCUT2D eigenvalue weighted by Gasteiger charge is 2.53. The van der Waals surface area contributed by atoms with E-state index < -0.39 is 130 Å². The zero-order valence-electron chi connectivity index (χ0n) is 24.6. The standard InChI is InChI=1S/C26H45NO18/c1-3-4-11(32)10(27-9(2)31)8-40-24-20(38)17(35)22(13(6-29)42-24)45-26-21(39)18(36)23(14(7-30)43-26)44-25-19(37)16(34)15(33)12(5-28)41-25/h3-4,10-26,28-30,32-39H,5-8H2,1-2H3,(H,27,31)/b4-3+/t10-,11-,12?,13?,14?,15?,16?,17?,18?,19?,20?,21?,22?,23?,24?,25?,26?/m0/s1. The maximum absolute atomic E-state index is 11.5. The third-order valence-electron chi connectivity index (χ3n) is 7.70. The first-order valence-corrected chi connectivity index (χ1v) is 14.3. The van der Waals surface area contributed by atoms with E-state index in [1.54, 1.807) is 13.0 Å². The van der Waals surface area contributed by atoms with E-state index >= 15 is 0 Å². The van der Waals surface area contributed by atoms with Gasteiger partial charge in [0.1, 0.15) is 73.2 Å². The minimum atomic E-state index is -1.97.